The zero-order valence-corrected chi connectivity index (χ0v) is 11.8. The van der Waals surface area contributed by atoms with Gasteiger partial charge in [0.2, 0.25) is 0 Å². The Balaban J connectivity index is 2.14. The third-order valence-corrected chi connectivity index (χ3v) is 3.17. The first-order chi connectivity index (χ1) is 9.22. The summed E-state index contributed by atoms with van der Waals surface area (Å²) < 4.78 is 5.02. The molecule has 0 saturated carbocycles. The van der Waals surface area contributed by atoms with Gasteiger partial charge in [-0.05, 0) is 19.4 Å². The van der Waals surface area contributed by atoms with Crippen molar-refractivity contribution in [2.24, 2.45) is 0 Å². The molecule has 102 valence electrons. The van der Waals surface area contributed by atoms with Gasteiger partial charge in [0.15, 0.2) is 0 Å². The molecular formula is C15H21N3O. The molecule has 0 bridgehead atoms. The second-order valence-electron chi connectivity index (χ2n) is 4.76. The first kappa shape index (κ1) is 13.8. The van der Waals surface area contributed by atoms with Crippen molar-refractivity contribution < 1.29 is 4.74 Å². The molecule has 4 heteroatoms. The predicted octanol–water partition coefficient (Wildman–Crippen LogP) is 2.43. The van der Waals surface area contributed by atoms with Gasteiger partial charge < -0.3 is 10.1 Å². The van der Waals surface area contributed by atoms with Gasteiger partial charge in [-0.1, -0.05) is 23.8 Å². The van der Waals surface area contributed by atoms with E-state index in [0.717, 1.165) is 25.4 Å². The van der Waals surface area contributed by atoms with E-state index in [1.807, 2.05) is 6.20 Å². The highest BCUT2D eigenvalue weighted by molar-refractivity contribution is 5.66. The van der Waals surface area contributed by atoms with Gasteiger partial charge in [0, 0.05) is 31.3 Å². The molecule has 1 aromatic carbocycles. The van der Waals surface area contributed by atoms with Crippen molar-refractivity contribution in [1.29, 1.82) is 0 Å². The highest BCUT2D eigenvalue weighted by Gasteiger charge is 2.09. The zero-order valence-electron chi connectivity index (χ0n) is 11.8. The van der Waals surface area contributed by atoms with Crippen LogP contribution in [-0.4, -0.2) is 30.5 Å². The molecule has 2 N–H and O–H groups in total. The van der Waals surface area contributed by atoms with E-state index < -0.39 is 0 Å². The number of ether oxygens (including phenoxy) is 1. The summed E-state index contributed by atoms with van der Waals surface area (Å²) in [5.74, 6) is 0. The lowest BCUT2D eigenvalue weighted by Gasteiger charge is -2.08. The summed E-state index contributed by atoms with van der Waals surface area (Å²) in [5.41, 5.74) is 6.04. The summed E-state index contributed by atoms with van der Waals surface area (Å²) in [6.07, 6.45) is 1.88. The van der Waals surface area contributed by atoms with Crippen LogP contribution >= 0.6 is 0 Å². The lowest BCUT2D eigenvalue weighted by Crippen LogP contribution is -2.18. The fourth-order valence-corrected chi connectivity index (χ4v) is 2.17. The van der Waals surface area contributed by atoms with Crippen LogP contribution in [0, 0.1) is 13.8 Å². The second-order valence-corrected chi connectivity index (χ2v) is 4.76. The van der Waals surface area contributed by atoms with Crippen molar-refractivity contribution in [3.63, 3.8) is 0 Å². The topological polar surface area (TPSA) is 49.9 Å². The largest absolute Gasteiger partial charge is 0.383 e. The Kier molecular flexibility index (Phi) is 4.71. The molecule has 1 heterocycles. The molecule has 0 aliphatic heterocycles. The maximum atomic E-state index is 5.02. The van der Waals surface area contributed by atoms with E-state index in [1.54, 1.807) is 7.11 Å². The van der Waals surface area contributed by atoms with Crippen molar-refractivity contribution in [2.45, 2.75) is 20.4 Å². The van der Waals surface area contributed by atoms with Crippen LogP contribution < -0.4 is 5.32 Å². The number of aromatic amines is 1. The molecule has 2 aromatic rings. The van der Waals surface area contributed by atoms with Crippen LogP contribution in [0.2, 0.25) is 0 Å². The third-order valence-electron chi connectivity index (χ3n) is 3.17. The van der Waals surface area contributed by atoms with Crippen LogP contribution in [0.3, 0.4) is 0 Å². The normalized spacial score (nSPS) is 10.9. The van der Waals surface area contributed by atoms with Gasteiger partial charge in [0.05, 0.1) is 18.5 Å². The average Bonchev–Trinajstić information content (AvgIpc) is 2.83. The van der Waals surface area contributed by atoms with Crippen LogP contribution in [-0.2, 0) is 11.3 Å². The number of aromatic nitrogens is 2. The molecule has 19 heavy (non-hydrogen) atoms. The van der Waals surface area contributed by atoms with E-state index in [4.69, 9.17) is 4.74 Å². The van der Waals surface area contributed by atoms with Crippen molar-refractivity contribution in [2.75, 3.05) is 20.3 Å². The molecule has 1 aromatic heterocycles. The van der Waals surface area contributed by atoms with E-state index in [-0.39, 0.29) is 0 Å². The molecule has 0 aliphatic rings. The van der Waals surface area contributed by atoms with E-state index in [9.17, 15) is 0 Å². The van der Waals surface area contributed by atoms with E-state index >= 15 is 0 Å². The van der Waals surface area contributed by atoms with Gasteiger partial charge in [-0.3, -0.25) is 5.10 Å². The maximum absolute atomic E-state index is 5.02. The van der Waals surface area contributed by atoms with Gasteiger partial charge in [-0.25, -0.2) is 0 Å². The molecule has 0 amide bonds. The van der Waals surface area contributed by atoms with Crippen molar-refractivity contribution in [3.8, 4) is 11.3 Å². The predicted molar refractivity (Wildman–Crippen MR) is 77.1 cm³/mol. The average molecular weight is 259 g/mol. The summed E-state index contributed by atoms with van der Waals surface area (Å²) in [6, 6.07) is 6.47. The number of hydrogen-bond acceptors (Lipinski definition) is 3. The zero-order chi connectivity index (χ0) is 13.7. The number of aryl methyl sites for hydroxylation is 2. The molecule has 4 nitrogen and oxygen atoms in total. The number of nitrogens with one attached hydrogen (secondary N) is 2. The fourth-order valence-electron chi connectivity index (χ4n) is 2.17. The van der Waals surface area contributed by atoms with Crippen molar-refractivity contribution >= 4 is 0 Å². The molecule has 0 unspecified atom stereocenters. The monoisotopic (exact) mass is 259 g/mol. The van der Waals surface area contributed by atoms with E-state index in [2.05, 4.69) is 47.6 Å². The number of methoxy groups -OCH3 is 1. The van der Waals surface area contributed by atoms with Gasteiger partial charge in [0.25, 0.3) is 0 Å². The number of rotatable bonds is 6. The van der Waals surface area contributed by atoms with Gasteiger partial charge in [-0.2, -0.15) is 5.10 Å². The fraction of sp³-hybridized carbons (Fsp3) is 0.400. The molecular weight excluding hydrogens is 238 g/mol. The van der Waals surface area contributed by atoms with Crippen LogP contribution in [0.5, 0.6) is 0 Å². The second kappa shape index (κ2) is 6.50. The summed E-state index contributed by atoms with van der Waals surface area (Å²) in [4.78, 5) is 0. The summed E-state index contributed by atoms with van der Waals surface area (Å²) >= 11 is 0. The molecule has 0 atom stereocenters. The minimum absolute atomic E-state index is 0.719. The van der Waals surface area contributed by atoms with Gasteiger partial charge in [-0.15, -0.1) is 0 Å². The molecule has 2 rings (SSSR count). The molecule has 0 spiro atoms. The summed E-state index contributed by atoms with van der Waals surface area (Å²) in [6.45, 7) is 6.59. The van der Waals surface area contributed by atoms with Gasteiger partial charge >= 0.3 is 0 Å². The molecule has 0 aliphatic carbocycles. The quantitative estimate of drug-likeness (QED) is 0.783. The molecule has 0 radical (unpaired) electrons. The number of H-pyrrole nitrogens is 1. The Morgan fingerprint density at radius 1 is 1.32 bits per heavy atom. The van der Waals surface area contributed by atoms with E-state index in [0.29, 0.717) is 0 Å². The minimum Gasteiger partial charge on any atom is -0.383 e. The maximum Gasteiger partial charge on any atom is 0.0697 e. The van der Waals surface area contributed by atoms with E-state index in [1.165, 1.54) is 22.3 Å². The number of benzene rings is 1. The van der Waals surface area contributed by atoms with Crippen LogP contribution in [0.15, 0.2) is 24.4 Å². The van der Waals surface area contributed by atoms with Crippen LogP contribution in [0.1, 0.15) is 16.7 Å². The Morgan fingerprint density at radius 3 is 2.89 bits per heavy atom. The van der Waals surface area contributed by atoms with Crippen molar-refractivity contribution in [3.05, 3.63) is 41.1 Å². The number of nitrogens with zero attached hydrogens (tertiary/aromatic N) is 1. The Hall–Kier alpha value is -1.65. The standard InChI is InChI=1S/C15H21N3O/c1-11-4-5-14(12(2)8-11)15-13(10-17-18-15)9-16-6-7-19-3/h4-5,8,10,16H,6-7,9H2,1-3H3,(H,17,18). The lowest BCUT2D eigenvalue weighted by molar-refractivity contribution is 0.199. The SMILES string of the molecule is COCCNCc1cn[nH]c1-c1ccc(C)cc1C. The minimum atomic E-state index is 0.719. The smallest absolute Gasteiger partial charge is 0.0697 e. The Labute approximate surface area is 114 Å². The first-order valence-electron chi connectivity index (χ1n) is 6.52. The van der Waals surface area contributed by atoms with Crippen LogP contribution in [0.25, 0.3) is 11.3 Å². The molecule has 0 saturated heterocycles. The summed E-state index contributed by atoms with van der Waals surface area (Å²) in [7, 11) is 1.71. The Morgan fingerprint density at radius 2 is 2.16 bits per heavy atom. The Bertz CT molecular complexity index is 534. The first-order valence-corrected chi connectivity index (χ1v) is 6.52. The van der Waals surface area contributed by atoms with Gasteiger partial charge in [0.1, 0.15) is 0 Å². The molecule has 0 fully saturated rings. The highest BCUT2D eigenvalue weighted by atomic mass is 16.5. The highest BCUT2D eigenvalue weighted by Crippen LogP contribution is 2.25. The summed E-state index contributed by atoms with van der Waals surface area (Å²) in [5, 5.41) is 10.6. The van der Waals surface area contributed by atoms with Crippen LogP contribution in [0.4, 0.5) is 0 Å². The third kappa shape index (κ3) is 3.43. The lowest BCUT2D eigenvalue weighted by atomic mass is 10.0. The van der Waals surface area contributed by atoms with Crippen molar-refractivity contribution in [1.82, 2.24) is 15.5 Å². The number of hydrogen-bond donors (Lipinski definition) is 2.